The summed E-state index contributed by atoms with van der Waals surface area (Å²) < 4.78 is 16.9. The zero-order chi connectivity index (χ0) is 36.2. The third-order valence-corrected chi connectivity index (χ3v) is 8.45. The number of ether oxygens (including phenoxy) is 3. The third-order valence-electron chi connectivity index (χ3n) is 8.45. The van der Waals surface area contributed by atoms with Gasteiger partial charge in [-0.1, -0.05) is 115 Å². The first-order chi connectivity index (χ1) is 23.8. The summed E-state index contributed by atoms with van der Waals surface area (Å²) in [6.07, 6.45) is 31.8. The van der Waals surface area contributed by atoms with Gasteiger partial charge >= 0.3 is 23.9 Å². The van der Waals surface area contributed by atoms with Crippen LogP contribution in [0.25, 0.3) is 0 Å². The zero-order valence-electron chi connectivity index (χ0n) is 31.0. The molecule has 2 N–H and O–H groups in total. The molecule has 0 fully saturated rings. The number of unbranched alkanes of at least 4 members (excludes halogenated alkanes) is 16. The maximum absolute atomic E-state index is 12.6. The van der Waals surface area contributed by atoms with Gasteiger partial charge in [0, 0.05) is 25.7 Å². The molecule has 9 heteroatoms. The number of aliphatic carboxylic acids is 2. The highest BCUT2D eigenvalue weighted by Crippen LogP contribution is 2.16. The molecule has 0 saturated carbocycles. The molecular formula is C40H70O9. The molecular weight excluding hydrogens is 624 g/mol. The Balaban J connectivity index is 4.53. The van der Waals surface area contributed by atoms with E-state index in [0.29, 0.717) is 12.8 Å². The SMILES string of the molecule is CCCCCCC(C/C=C\CCCCCCCC(=O)O)OC(=O)COCC(=O)O[C@@H](C/C=C\CCCCCCCC(=O)O)CCCCCC. The summed E-state index contributed by atoms with van der Waals surface area (Å²) in [5, 5.41) is 17.4. The second-order valence-electron chi connectivity index (χ2n) is 13.2. The highest BCUT2D eigenvalue weighted by Gasteiger charge is 2.17. The molecule has 1 unspecified atom stereocenters. The summed E-state index contributed by atoms with van der Waals surface area (Å²) in [6, 6.07) is 0. The maximum Gasteiger partial charge on any atom is 0.332 e. The van der Waals surface area contributed by atoms with Crippen LogP contribution < -0.4 is 0 Å². The highest BCUT2D eigenvalue weighted by atomic mass is 16.6. The molecule has 0 heterocycles. The number of carboxylic acid groups (broad SMARTS) is 2. The first-order valence-corrected chi connectivity index (χ1v) is 19.5. The van der Waals surface area contributed by atoms with Crippen molar-refractivity contribution in [3.63, 3.8) is 0 Å². The number of rotatable bonds is 36. The van der Waals surface area contributed by atoms with Crippen molar-refractivity contribution in [3.05, 3.63) is 24.3 Å². The Morgan fingerprint density at radius 3 is 1.24 bits per heavy atom. The smallest absolute Gasteiger partial charge is 0.332 e. The molecule has 0 spiro atoms. The maximum atomic E-state index is 12.6. The number of carboxylic acids is 2. The van der Waals surface area contributed by atoms with E-state index in [9.17, 15) is 19.2 Å². The summed E-state index contributed by atoms with van der Waals surface area (Å²) in [4.78, 5) is 46.4. The molecule has 284 valence electrons. The van der Waals surface area contributed by atoms with Crippen LogP contribution in [0.15, 0.2) is 24.3 Å². The number of hydrogen-bond acceptors (Lipinski definition) is 7. The van der Waals surface area contributed by atoms with Gasteiger partial charge in [-0.05, 0) is 64.2 Å². The van der Waals surface area contributed by atoms with Gasteiger partial charge in [0.25, 0.3) is 0 Å². The van der Waals surface area contributed by atoms with Gasteiger partial charge in [0.2, 0.25) is 0 Å². The molecule has 0 rings (SSSR count). The summed E-state index contributed by atoms with van der Waals surface area (Å²) in [5.74, 6) is -2.40. The summed E-state index contributed by atoms with van der Waals surface area (Å²) in [6.45, 7) is 3.76. The van der Waals surface area contributed by atoms with Crippen molar-refractivity contribution in [1.82, 2.24) is 0 Å². The van der Waals surface area contributed by atoms with Crippen molar-refractivity contribution >= 4 is 23.9 Å². The van der Waals surface area contributed by atoms with E-state index in [0.717, 1.165) is 141 Å². The number of carbonyl (C=O) groups excluding carboxylic acids is 2. The van der Waals surface area contributed by atoms with Crippen molar-refractivity contribution in [2.45, 2.75) is 193 Å². The predicted octanol–water partition coefficient (Wildman–Crippen LogP) is 10.3. The summed E-state index contributed by atoms with van der Waals surface area (Å²) >= 11 is 0. The van der Waals surface area contributed by atoms with E-state index >= 15 is 0 Å². The summed E-state index contributed by atoms with van der Waals surface area (Å²) in [7, 11) is 0. The quantitative estimate of drug-likeness (QED) is 0.0373. The van der Waals surface area contributed by atoms with Gasteiger partial charge in [0.1, 0.15) is 25.4 Å². The zero-order valence-corrected chi connectivity index (χ0v) is 31.0. The molecule has 9 nitrogen and oxygen atoms in total. The molecule has 0 saturated heterocycles. The van der Waals surface area contributed by atoms with Gasteiger partial charge in [0.15, 0.2) is 0 Å². The Kier molecular flexibility index (Phi) is 33.2. The fraction of sp³-hybridized carbons (Fsp3) is 0.800. The lowest BCUT2D eigenvalue weighted by Crippen LogP contribution is -2.25. The largest absolute Gasteiger partial charge is 0.481 e. The number of esters is 2. The van der Waals surface area contributed by atoms with E-state index in [1.807, 2.05) is 0 Å². The first-order valence-electron chi connectivity index (χ1n) is 19.5. The number of hydrogen-bond donors (Lipinski definition) is 2. The fourth-order valence-corrected chi connectivity index (χ4v) is 5.57. The number of carbonyl (C=O) groups is 4. The lowest BCUT2D eigenvalue weighted by atomic mass is 10.1. The van der Waals surface area contributed by atoms with Crippen molar-refractivity contribution in [3.8, 4) is 0 Å². The molecule has 49 heavy (non-hydrogen) atoms. The van der Waals surface area contributed by atoms with Gasteiger partial charge in [-0.15, -0.1) is 0 Å². The van der Waals surface area contributed by atoms with Crippen LogP contribution in [-0.2, 0) is 33.4 Å². The van der Waals surface area contributed by atoms with Gasteiger partial charge in [-0.3, -0.25) is 9.59 Å². The van der Waals surface area contributed by atoms with Crippen LogP contribution >= 0.6 is 0 Å². The molecule has 0 aliphatic carbocycles. The van der Waals surface area contributed by atoms with E-state index in [1.54, 1.807) is 0 Å². The second-order valence-corrected chi connectivity index (χ2v) is 13.2. The van der Waals surface area contributed by atoms with Gasteiger partial charge in [0.05, 0.1) is 0 Å². The van der Waals surface area contributed by atoms with E-state index < -0.39 is 23.9 Å². The molecule has 0 aliphatic rings. The fourth-order valence-electron chi connectivity index (χ4n) is 5.57. The molecule has 0 aromatic rings. The van der Waals surface area contributed by atoms with Crippen LogP contribution in [0.5, 0.6) is 0 Å². The molecule has 2 atom stereocenters. The molecule has 0 aromatic carbocycles. The Morgan fingerprint density at radius 2 is 0.857 bits per heavy atom. The monoisotopic (exact) mass is 695 g/mol. The second kappa shape index (κ2) is 35.2. The minimum Gasteiger partial charge on any atom is -0.481 e. The third kappa shape index (κ3) is 35.0. The van der Waals surface area contributed by atoms with Crippen molar-refractivity contribution < 1.29 is 43.6 Å². The van der Waals surface area contributed by atoms with Gasteiger partial charge in [-0.25, -0.2) is 9.59 Å². The molecule has 0 aromatic heterocycles. The van der Waals surface area contributed by atoms with Crippen LogP contribution in [0.4, 0.5) is 0 Å². The van der Waals surface area contributed by atoms with E-state index in [4.69, 9.17) is 24.4 Å². The van der Waals surface area contributed by atoms with Gasteiger partial charge < -0.3 is 24.4 Å². The van der Waals surface area contributed by atoms with Crippen LogP contribution in [0, 0.1) is 0 Å². The summed E-state index contributed by atoms with van der Waals surface area (Å²) in [5.41, 5.74) is 0. The molecule has 0 amide bonds. The molecule has 0 radical (unpaired) electrons. The average molecular weight is 695 g/mol. The highest BCUT2D eigenvalue weighted by molar-refractivity contribution is 5.73. The lowest BCUT2D eigenvalue weighted by molar-refractivity contribution is -0.161. The Morgan fingerprint density at radius 1 is 0.490 bits per heavy atom. The standard InChI is InChI=1S/C40H70O9/c1-3-5-7-21-27-35(29-23-17-13-9-11-15-19-25-31-37(41)42)48-39(45)33-47-34-40(46)49-36(28-22-8-6-4-2)30-24-18-14-10-12-16-20-26-32-38(43)44/h17-18,23-24,35-36H,3-16,19-22,25-34H2,1-2H3,(H,41,42)(H,43,44)/b23-17-,24-18-/t35-,36?/m1/s1. The Labute approximate surface area is 297 Å². The van der Waals surface area contributed by atoms with E-state index in [-0.39, 0.29) is 38.3 Å². The van der Waals surface area contributed by atoms with Crippen LogP contribution in [-0.4, -0.2) is 59.5 Å². The van der Waals surface area contributed by atoms with E-state index in [1.165, 1.54) is 0 Å². The first kappa shape index (κ1) is 46.3. The lowest BCUT2D eigenvalue weighted by Gasteiger charge is -2.18. The van der Waals surface area contributed by atoms with E-state index in [2.05, 4.69) is 38.2 Å². The van der Waals surface area contributed by atoms with Crippen LogP contribution in [0.2, 0.25) is 0 Å². The van der Waals surface area contributed by atoms with Crippen molar-refractivity contribution in [1.29, 1.82) is 0 Å². The minimum atomic E-state index is -0.730. The van der Waals surface area contributed by atoms with Gasteiger partial charge in [-0.2, -0.15) is 0 Å². The molecule has 0 bridgehead atoms. The van der Waals surface area contributed by atoms with Crippen LogP contribution in [0.1, 0.15) is 181 Å². The van der Waals surface area contributed by atoms with Crippen molar-refractivity contribution in [2.24, 2.45) is 0 Å². The number of allylic oxidation sites excluding steroid dienone is 2. The minimum absolute atomic E-state index is 0.219. The normalized spacial score (nSPS) is 12.8. The topological polar surface area (TPSA) is 136 Å². The average Bonchev–Trinajstić information content (AvgIpc) is 3.06. The van der Waals surface area contributed by atoms with Crippen molar-refractivity contribution in [2.75, 3.05) is 13.2 Å². The Bertz CT molecular complexity index is 813. The molecule has 0 aliphatic heterocycles. The van der Waals surface area contributed by atoms with Crippen LogP contribution in [0.3, 0.4) is 0 Å². The Hall–Kier alpha value is -2.68. The predicted molar refractivity (Wildman–Crippen MR) is 196 cm³/mol.